The lowest BCUT2D eigenvalue weighted by Gasteiger charge is -2.34. The van der Waals surface area contributed by atoms with Crippen LogP contribution < -0.4 is 20.2 Å². The van der Waals surface area contributed by atoms with E-state index in [1.807, 2.05) is 12.1 Å². The third kappa shape index (κ3) is 4.22. The number of para-hydroxylation sites is 3. The molecule has 1 aliphatic heterocycles. The van der Waals surface area contributed by atoms with Crippen molar-refractivity contribution in [2.45, 2.75) is 46.3 Å². The summed E-state index contributed by atoms with van der Waals surface area (Å²) in [5, 5.41) is 4.92. The quantitative estimate of drug-likeness (QED) is 0.201. The van der Waals surface area contributed by atoms with Gasteiger partial charge in [-0.25, -0.2) is 4.98 Å². The molecule has 0 N–H and O–H groups in total. The molecule has 6 aromatic rings. The van der Waals surface area contributed by atoms with Crippen LogP contribution in [0.15, 0.2) is 109 Å². The Morgan fingerprint density at radius 1 is 0.738 bits per heavy atom. The van der Waals surface area contributed by atoms with Gasteiger partial charge in [0.2, 0.25) is 0 Å². The van der Waals surface area contributed by atoms with Crippen molar-refractivity contribution < 1.29 is 4.11 Å². The van der Waals surface area contributed by atoms with E-state index in [1.165, 1.54) is 27.4 Å². The zero-order chi connectivity index (χ0) is 31.7. The van der Waals surface area contributed by atoms with E-state index in [2.05, 4.69) is 132 Å². The molecule has 5 heteroatoms. The molecule has 0 fully saturated rings. The lowest BCUT2D eigenvalue weighted by molar-refractivity contribution is 0.518. The van der Waals surface area contributed by atoms with Crippen LogP contribution in [-0.2, 0) is 0 Å². The van der Waals surface area contributed by atoms with E-state index in [-0.39, 0.29) is 11.1 Å². The summed E-state index contributed by atoms with van der Waals surface area (Å²) in [4.78, 5) is 9.56. The van der Waals surface area contributed by atoms with Gasteiger partial charge in [0.1, 0.15) is 13.9 Å². The van der Waals surface area contributed by atoms with Gasteiger partial charge in [-0.15, -0.1) is 0 Å². The average molecular weight is 570 g/mol. The van der Waals surface area contributed by atoms with Gasteiger partial charge in [-0.2, -0.15) is 0 Å². The second-order valence-electron chi connectivity index (χ2n) is 12.8. The molecule has 42 heavy (non-hydrogen) atoms. The van der Waals surface area contributed by atoms with Gasteiger partial charge >= 0.3 is 0 Å². The van der Waals surface area contributed by atoms with Gasteiger partial charge < -0.3 is 9.80 Å². The largest absolute Gasteiger partial charge is 0.347 e. The first-order valence-electron chi connectivity index (χ1n) is 16.1. The second kappa shape index (κ2) is 9.60. The molecule has 0 amide bonds. The van der Waals surface area contributed by atoms with Gasteiger partial charge in [-0.1, -0.05) is 78.1 Å². The van der Waals surface area contributed by atoms with Crippen LogP contribution >= 0.6 is 0 Å². The molecule has 0 radical (unpaired) electrons. The molecule has 0 saturated carbocycles. The summed E-state index contributed by atoms with van der Waals surface area (Å²) < 4.78 is 26.1. The number of aromatic nitrogens is 2. The minimum absolute atomic E-state index is 0.00220. The number of pyridine rings is 1. The molecule has 0 bridgehead atoms. The van der Waals surface area contributed by atoms with Crippen molar-refractivity contribution in [1.29, 1.82) is 0 Å². The van der Waals surface area contributed by atoms with Crippen molar-refractivity contribution in [3.63, 3.8) is 0 Å². The Hall–Kier alpha value is -4.35. The highest BCUT2D eigenvalue weighted by molar-refractivity contribution is 7.00. The predicted molar refractivity (Wildman–Crippen MR) is 182 cm³/mol. The van der Waals surface area contributed by atoms with Crippen LogP contribution in [-0.4, -0.2) is 29.8 Å². The van der Waals surface area contributed by atoms with Gasteiger partial charge in [0, 0.05) is 32.3 Å². The molecule has 2 aromatic heterocycles. The van der Waals surface area contributed by atoms with Crippen molar-refractivity contribution in [1.82, 2.24) is 9.55 Å². The van der Waals surface area contributed by atoms with Crippen LogP contribution in [0.25, 0.3) is 27.6 Å². The number of hydrogen-bond acceptors (Lipinski definition) is 3. The maximum atomic E-state index is 7.99. The summed E-state index contributed by atoms with van der Waals surface area (Å²) in [6, 6.07) is 36.2. The van der Waals surface area contributed by atoms with Crippen LogP contribution in [0.1, 0.15) is 30.4 Å². The van der Waals surface area contributed by atoms with Crippen molar-refractivity contribution in [3.05, 3.63) is 115 Å². The molecule has 4 nitrogen and oxygen atoms in total. The first-order valence-corrected chi connectivity index (χ1v) is 17.6. The topological polar surface area (TPSA) is 24.3 Å². The van der Waals surface area contributed by atoms with Gasteiger partial charge in [0.25, 0.3) is 0 Å². The summed E-state index contributed by atoms with van der Waals surface area (Å²) in [6.45, 7) is 10.2. The molecule has 1 aliphatic rings. The van der Waals surface area contributed by atoms with Crippen LogP contribution in [0.2, 0.25) is 13.1 Å². The maximum Gasteiger partial charge on any atom is 0.137 e. The lowest BCUT2D eigenvalue weighted by atomic mass is 10.1. The van der Waals surface area contributed by atoms with E-state index in [0.29, 0.717) is 5.82 Å². The average Bonchev–Trinajstić information content (AvgIpc) is 3.57. The summed E-state index contributed by atoms with van der Waals surface area (Å²) in [5.41, 5.74) is 6.04. The van der Waals surface area contributed by atoms with Crippen molar-refractivity contribution in [3.8, 4) is 5.82 Å². The molecule has 0 atom stereocenters. The summed E-state index contributed by atoms with van der Waals surface area (Å²) in [7, 11) is -2.18. The molecule has 0 aliphatic carbocycles. The van der Waals surface area contributed by atoms with Gasteiger partial charge in [-0.3, -0.25) is 4.57 Å². The van der Waals surface area contributed by atoms with E-state index >= 15 is 0 Å². The Bertz CT molecular complexity index is 2070. The molecule has 0 spiro atoms. The Morgan fingerprint density at radius 2 is 1.48 bits per heavy atom. The van der Waals surface area contributed by atoms with Crippen molar-refractivity contribution in [2.75, 3.05) is 16.5 Å². The lowest BCUT2D eigenvalue weighted by Crippen LogP contribution is -2.53. The highest BCUT2D eigenvalue weighted by atomic mass is 28.3. The highest BCUT2D eigenvalue weighted by Gasteiger charge is 2.34. The summed E-state index contributed by atoms with van der Waals surface area (Å²) >= 11 is 0. The number of nitrogens with zero attached hydrogens (tertiary/aromatic N) is 4. The van der Waals surface area contributed by atoms with Crippen molar-refractivity contribution in [2.24, 2.45) is 0 Å². The summed E-state index contributed by atoms with van der Waals surface area (Å²) in [5.74, 6) is 0.615. The van der Waals surface area contributed by atoms with E-state index in [4.69, 9.17) is 4.11 Å². The fourth-order valence-corrected chi connectivity index (χ4v) is 8.74. The van der Waals surface area contributed by atoms with E-state index in [1.54, 1.807) is 18.3 Å². The first kappa shape index (κ1) is 23.2. The van der Waals surface area contributed by atoms with Gasteiger partial charge in [-0.05, 0) is 81.7 Å². The molecule has 3 heterocycles. The monoisotopic (exact) mass is 569 g/mol. The Morgan fingerprint density at radius 3 is 2.29 bits per heavy atom. The molecule has 4 aromatic carbocycles. The van der Waals surface area contributed by atoms with Crippen LogP contribution in [0, 0.1) is 6.85 Å². The highest BCUT2D eigenvalue weighted by Crippen LogP contribution is 2.43. The van der Waals surface area contributed by atoms with Crippen LogP contribution in [0.5, 0.6) is 0 Å². The van der Waals surface area contributed by atoms with Gasteiger partial charge in [0.05, 0.1) is 29.1 Å². The predicted octanol–water partition coefficient (Wildman–Crippen LogP) is 8.02. The summed E-state index contributed by atoms with van der Waals surface area (Å²) in [6.07, 6.45) is 1.60. The fourth-order valence-electron chi connectivity index (χ4n) is 6.38. The Kier molecular flexibility index (Phi) is 5.31. The molecular weight excluding hydrogens is 529 g/mol. The normalized spacial score (nSPS) is 15.1. The number of anilines is 3. The molecular formula is C37H38N4Si. The Balaban J connectivity index is 1.34. The van der Waals surface area contributed by atoms with Crippen LogP contribution in [0.4, 0.5) is 17.1 Å². The Labute approximate surface area is 254 Å². The molecule has 0 saturated heterocycles. The minimum atomic E-state index is -2.21. The number of aryl methyl sites for hydroxylation is 1. The SMILES string of the molecule is [2H]C([2H])([2H])c1ccnc(-n2c3ccccc3c3ccc([Si](C)(C)c4cccc(N5CN(C(C)(C)C)c6ccccc65)c4)cc32)c1. The van der Waals surface area contributed by atoms with Gasteiger partial charge in [0.15, 0.2) is 0 Å². The van der Waals surface area contributed by atoms with Crippen molar-refractivity contribution >= 4 is 57.3 Å². The zero-order valence-electron chi connectivity index (χ0n) is 27.9. The molecule has 210 valence electrons. The first-order chi connectivity index (χ1) is 21.3. The molecule has 0 unspecified atom stereocenters. The minimum Gasteiger partial charge on any atom is -0.347 e. The third-order valence-electron chi connectivity index (χ3n) is 8.81. The number of rotatable bonds is 4. The zero-order valence-corrected chi connectivity index (χ0v) is 25.9. The fraction of sp³-hybridized carbons (Fsp3) is 0.216. The smallest absolute Gasteiger partial charge is 0.137 e. The molecule has 7 rings (SSSR count). The van der Waals surface area contributed by atoms with E-state index in [0.717, 1.165) is 28.5 Å². The van der Waals surface area contributed by atoms with E-state index < -0.39 is 14.9 Å². The maximum absolute atomic E-state index is 7.99. The number of fused-ring (bicyclic) bond motifs is 4. The van der Waals surface area contributed by atoms with E-state index in [9.17, 15) is 0 Å². The van der Waals surface area contributed by atoms with Crippen LogP contribution in [0.3, 0.4) is 0 Å². The number of benzene rings is 4. The second-order valence-corrected chi connectivity index (χ2v) is 17.2. The number of hydrogen-bond donors (Lipinski definition) is 0. The third-order valence-corrected chi connectivity index (χ3v) is 12.3. The standard InChI is InChI=1S/C37H38N4Si/c1-26-20-21-38-36(22-26)41-32-15-8-7-14-30(32)31-19-18-29(24-35(31)41)42(5,6)28-13-11-12-27(23-28)39-25-40(37(2,3)4)34-17-10-9-16-33(34)39/h7-24H,25H2,1-6H3/i1D3.